The molecule has 6 nitrogen and oxygen atoms in total. The van der Waals surface area contributed by atoms with Crippen LogP contribution >= 0.6 is 15.9 Å². The zero-order valence-electron chi connectivity index (χ0n) is 11.3. The van der Waals surface area contributed by atoms with Gasteiger partial charge in [-0.15, -0.1) is 0 Å². The van der Waals surface area contributed by atoms with Crippen LogP contribution in [0.25, 0.3) is 0 Å². The maximum atomic E-state index is 11.8. The van der Waals surface area contributed by atoms with Gasteiger partial charge in [0, 0.05) is 11.0 Å². The van der Waals surface area contributed by atoms with E-state index in [0.29, 0.717) is 12.4 Å². The number of aromatic amines is 1. The van der Waals surface area contributed by atoms with Crippen LogP contribution in [0.4, 0.5) is 4.79 Å². The molecule has 0 unspecified atom stereocenters. The molecule has 0 saturated heterocycles. The Kier molecular flexibility index (Phi) is 4.73. The molecule has 0 saturated carbocycles. The minimum Gasteiger partial charge on any atom is -0.334 e. The summed E-state index contributed by atoms with van der Waals surface area (Å²) in [4.78, 5) is 15.8. The summed E-state index contributed by atoms with van der Waals surface area (Å²) in [5, 5.41) is 12.1. The Labute approximate surface area is 125 Å². The normalized spacial score (nSPS) is 11.9. The topological polar surface area (TPSA) is 82.7 Å². The second-order valence-corrected chi connectivity index (χ2v) is 5.41. The Morgan fingerprint density at radius 3 is 2.95 bits per heavy atom. The van der Waals surface area contributed by atoms with Gasteiger partial charge in [-0.3, -0.25) is 5.10 Å². The van der Waals surface area contributed by atoms with Crippen molar-refractivity contribution < 1.29 is 4.79 Å². The predicted molar refractivity (Wildman–Crippen MR) is 79.0 cm³/mol. The standard InChI is InChI=1S/C13H16BrN5O/c1-8-5-11(14)4-3-10(8)6-15-13(20)18-9(2)12-16-7-17-19-12/h3-5,7,9H,6H2,1-2H3,(H2,15,18,20)(H,16,17,19)/t9-/m0/s1. The van der Waals surface area contributed by atoms with Crippen LogP contribution in [0.5, 0.6) is 0 Å². The molecule has 20 heavy (non-hydrogen) atoms. The quantitative estimate of drug-likeness (QED) is 0.801. The van der Waals surface area contributed by atoms with Gasteiger partial charge in [0.1, 0.15) is 12.2 Å². The summed E-state index contributed by atoms with van der Waals surface area (Å²) in [6, 6.07) is 5.50. The van der Waals surface area contributed by atoms with Crippen molar-refractivity contribution in [3.63, 3.8) is 0 Å². The number of carbonyl (C=O) groups excluding carboxylic acids is 1. The second-order valence-electron chi connectivity index (χ2n) is 4.49. The van der Waals surface area contributed by atoms with E-state index in [2.05, 4.69) is 41.7 Å². The molecule has 2 amide bonds. The van der Waals surface area contributed by atoms with Crippen molar-refractivity contribution in [3.05, 3.63) is 46.0 Å². The van der Waals surface area contributed by atoms with Gasteiger partial charge in [-0.05, 0) is 37.1 Å². The van der Waals surface area contributed by atoms with Crippen LogP contribution in [0.3, 0.4) is 0 Å². The van der Waals surface area contributed by atoms with Crippen molar-refractivity contribution in [2.24, 2.45) is 0 Å². The van der Waals surface area contributed by atoms with Crippen molar-refractivity contribution in [2.75, 3.05) is 0 Å². The lowest BCUT2D eigenvalue weighted by atomic mass is 10.1. The SMILES string of the molecule is Cc1cc(Br)ccc1CNC(=O)N[C@@H](C)c1ncn[nH]1. The average molecular weight is 338 g/mol. The van der Waals surface area contributed by atoms with Crippen LogP contribution in [0, 0.1) is 6.92 Å². The van der Waals surface area contributed by atoms with Crippen LogP contribution in [0.1, 0.15) is 29.9 Å². The average Bonchev–Trinajstić information content (AvgIpc) is 2.91. The number of aryl methyl sites for hydroxylation is 1. The van der Waals surface area contributed by atoms with Crippen LogP contribution in [-0.2, 0) is 6.54 Å². The van der Waals surface area contributed by atoms with Crippen molar-refractivity contribution >= 4 is 22.0 Å². The third kappa shape index (κ3) is 3.80. The first-order valence-corrected chi connectivity index (χ1v) is 7.00. The lowest BCUT2D eigenvalue weighted by Crippen LogP contribution is -2.37. The Hall–Kier alpha value is -1.89. The number of benzene rings is 1. The molecule has 1 aromatic heterocycles. The molecular formula is C13H16BrN5O. The van der Waals surface area contributed by atoms with E-state index in [-0.39, 0.29) is 12.1 Å². The lowest BCUT2D eigenvalue weighted by molar-refractivity contribution is 0.237. The summed E-state index contributed by atoms with van der Waals surface area (Å²) in [5.74, 6) is 0.625. The number of hydrogen-bond donors (Lipinski definition) is 3. The van der Waals surface area contributed by atoms with Gasteiger partial charge in [0.15, 0.2) is 0 Å². The Balaban J connectivity index is 1.86. The van der Waals surface area contributed by atoms with Gasteiger partial charge in [-0.25, -0.2) is 9.78 Å². The van der Waals surface area contributed by atoms with Crippen molar-refractivity contribution in [3.8, 4) is 0 Å². The molecule has 1 heterocycles. The molecule has 0 bridgehead atoms. The number of nitrogens with one attached hydrogen (secondary N) is 3. The third-order valence-electron chi connectivity index (χ3n) is 2.94. The van der Waals surface area contributed by atoms with E-state index in [1.807, 2.05) is 32.0 Å². The Morgan fingerprint density at radius 2 is 2.30 bits per heavy atom. The van der Waals surface area contributed by atoms with Gasteiger partial charge in [0.2, 0.25) is 0 Å². The highest BCUT2D eigenvalue weighted by molar-refractivity contribution is 9.10. The van der Waals surface area contributed by atoms with Gasteiger partial charge < -0.3 is 10.6 Å². The molecule has 106 valence electrons. The molecule has 0 aliphatic carbocycles. The minimum absolute atomic E-state index is 0.219. The second kappa shape index (κ2) is 6.51. The molecule has 1 aromatic carbocycles. The predicted octanol–water partition coefficient (Wildman–Crippen LogP) is 2.44. The number of hydrogen-bond acceptors (Lipinski definition) is 3. The highest BCUT2D eigenvalue weighted by atomic mass is 79.9. The van der Waals surface area contributed by atoms with Crippen LogP contribution < -0.4 is 10.6 Å². The molecule has 7 heteroatoms. The molecule has 0 aliphatic heterocycles. The van der Waals surface area contributed by atoms with Gasteiger partial charge in [0.25, 0.3) is 0 Å². The maximum absolute atomic E-state index is 11.8. The molecule has 0 fully saturated rings. The first-order chi connectivity index (χ1) is 9.56. The number of aromatic nitrogens is 3. The Morgan fingerprint density at radius 1 is 1.50 bits per heavy atom. The molecule has 0 spiro atoms. The fourth-order valence-electron chi connectivity index (χ4n) is 1.77. The van der Waals surface area contributed by atoms with E-state index in [9.17, 15) is 4.79 Å². The maximum Gasteiger partial charge on any atom is 0.315 e. The molecule has 0 radical (unpaired) electrons. The summed E-state index contributed by atoms with van der Waals surface area (Å²) >= 11 is 3.42. The van der Waals surface area contributed by atoms with Gasteiger partial charge in [0.05, 0.1) is 6.04 Å². The third-order valence-corrected chi connectivity index (χ3v) is 3.43. The van der Waals surface area contributed by atoms with Crippen molar-refractivity contribution in [1.82, 2.24) is 25.8 Å². The zero-order chi connectivity index (χ0) is 14.5. The van der Waals surface area contributed by atoms with Gasteiger partial charge in [-0.1, -0.05) is 22.0 Å². The van der Waals surface area contributed by atoms with E-state index in [1.54, 1.807) is 0 Å². The molecule has 3 N–H and O–H groups in total. The van der Waals surface area contributed by atoms with E-state index < -0.39 is 0 Å². The number of carbonyl (C=O) groups is 1. The van der Waals surface area contributed by atoms with Crippen LogP contribution in [0.15, 0.2) is 29.0 Å². The van der Waals surface area contributed by atoms with Gasteiger partial charge in [-0.2, -0.15) is 5.10 Å². The monoisotopic (exact) mass is 337 g/mol. The summed E-state index contributed by atoms with van der Waals surface area (Å²) in [6.07, 6.45) is 1.41. The van der Waals surface area contributed by atoms with E-state index in [0.717, 1.165) is 15.6 Å². The number of halogens is 1. The molecular weight excluding hydrogens is 322 g/mol. The Bertz CT molecular complexity index is 584. The van der Waals surface area contributed by atoms with Crippen molar-refractivity contribution in [2.45, 2.75) is 26.4 Å². The zero-order valence-corrected chi connectivity index (χ0v) is 12.9. The van der Waals surface area contributed by atoms with Gasteiger partial charge >= 0.3 is 6.03 Å². The number of nitrogens with zero attached hydrogens (tertiary/aromatic N) is 2. The highest BCUT2D eigenvalue weighted by Gasteiger charge is 2.11. The largest absolute Gasteiger partial charge is 0.334 e. The van der Waals surface area contributed by atoms with E-state index >= 15 is 0 Å². The number of H-pyrrole nitrogens is 1. The van der Waals surface area contributed by atoms with E-state index in [4.69, 9.17) is 0 Å². The highest BCUT2D eigenvalue weighted by Crippen LogP contribution is 2.15. The first-order valence-electron chi connectivity index (χ1n) is 6.21. The fourth-order valence-corrected chi connectivity index (χ4v) is 2.25. The molecule has 1 atom stereocenters. The number of amides is 2. The molecule has 2 rings (SSSR count). The summed E-state index contributed by atoms with van der Waals surface area (Å²) in [6.45, 7) is 4.33. The summed E-state index contributed by atoms with van der Waals surface area (Å²) in [5.41, 5.74) is 2.21. The van der Waals surface area contributed by atoms with E-state index in [1.165, 1.54) is 6.33 Å². The minimum atomic E-state index is -0.240. The summed E-state index contributed by atoms with van der Waals surface area (Å²) in [7, 11) is 0. The summed E-state index contributed by atoms with van der Waals surface area (Å²) < 4.78 is 1.03. The number of urea groups is 1. The fraction of sp³-hybridized carbons (Fsp3) is 0.308. The van der Waals surface area contributed by atoms with Crippen molar-refractivity contribution in [1.29, 1.82) is 0 Å². The smallest absolute Gasteiger partial charge is 0.315 e. The lowest BCUT2D eigenvalue weighted by Gasteiger charge is -2.13. The molecule has 2 aromatic rings. The first kappa shape index (κ1) is 14.5. The van der Waals surface area contributed by atoms with Crippen LogP contribution in [0.2, 0.25) is 0 Å². The molecule has 0 aliphatic rings. The van der Waals surface area contributed by atoms with Crippen LogP contribution in [-0.4, -0.2) is 21.2 Å². The number of rotatable bonds is 4.